The van der Waals surface area contributed by atoms with Gasteiger partial charge >= 0.3 is 5.97 Å². The van der Waals surface area contributed by atoms with Gasteiger partial charge in [-0.3, -0.25) is 9.47 Å². The van der Waals surface area contributed by atoms with Crippen molar-refractivity contribution in [2.45, 2.75) is 19.4 Å². The van der Waals surface area contributed by atoms with E-state index < -0.39 is 5.60 Å². The van der Waals surface area contributed by atoms with Crippen LogP contribution in [-0.4, -0.2) is 42.2 Å². The molecule has 0 aliphatic carbocycles. The van der Waals surface area contributed by atoms with Gasteiger partial charge in [0.2, 0.25) is 5.70 Å². The smallest absolute Gasteiger partial charge is 0.393 e. The molecule has 0 bridgehead atoms. The zero-order valence-electron chi connectivity index (χ0n) is 12.9. The second-order valence-electron chi connectivity index (χ2n) is 6.22. The Morgan fingerprint density at radius 3 is 2.76 bits per heavy atom. The number of pyridine rings is 1. The second kappa shape index (κ2) is 4.18. The fourth-order valence-electron chi connectivity index (χ4n) is 3.07. The Kier molecular flexibility index (Phi) is 2.75. The van der Waals surface area contributed by atoms with Crippen molar-refractivity contribution in [2.24, 2.45) is 0 Å². The number of ether oxygens (including phenoxy) is 2. The van der Waals surface area contributed by atoms with Crippen LogP contribution in [0, 0.1) is 0 Å². The van der Waals surface area contributed by atoms with Gasteiger partial charge in [-0.1, -0.05) is 0 Å². The molecule has 3 rings (SSSR count). The molecule has 0 aromatic carbocycles. The maximum Gasteiger partial charge on any atom is 0.393 e. The Labute approximate surface area is 124 Å². The topological polar surface area (TPSA) is 48.4 Å². The van der Waals surface area contributed by atoms with Gasteiger partial charge in [-0.05, 0) is 19.9 Å². The highest BCUT2D eigenvalue weighted by atomic mass is 16.5. The van der Waals surface area contributed by atoms with E-state index in [2.05, 4.69) is 4.98 Å². The first kappa shape index (κ1) is 13.8. The molecule has 0 unspecified atom stereocenters. The van der Waals surface area contributed by atoms with Crippen molar-refractivity contribution in [3.8, 4) is 5.75 Å². The molecule has 1 aromatic heterocycles. The zero-order valence-corrected chi connectivity index (χ0v) is 12.9. The van der Waals surface area contributed by atoms with E-state index in [1.165, 1.54) is 7.11 Å². The molecular weight excluding hydrogens is 268 g/mol. The van der Waals surface area contributed by atoms with Crippen molar-refractivity contribution in [1.29, 1.82) is 0 Å². The van der Waals surface area contributed by atoms with Crippen LogP contribution < -0.4 is 4.74 Å². The Balaban J connectivity index is 2.25. The molecule has 5 heteroatoms. The molecule has 110 valence electrons. The molecule has 5 nitrogen and oxygen atoms in total. The molecule has 21 heavy (non-hydrogen) atoms. The number of hydrogen-bond donors (Lipinski definition) is 0. The summed E-state index contributed by atoms with van der Waals surface area (Å²) in [5, 5.41) is 0. The third-order valence-electron chi connectivity index (χ3n) is 4.15. The lowest BCUT2D eigenvalue weighted by Crippen LogP contribution is -2.41. The Hall–Kier alpha value is -2.14. The van der Waals surface area contributed by atoms with Crippen LogP contribution in [0.15, 0.2) is 35.8 Å². The van der Waals surface area contributed by atoms with Gasteiger partial charge in [-0.2, -0.15) is 0 Å². The molecule has 0 spiro atoms. The molecule has 2 aliphatic heterocycles. The van der Waals surface area contributed by atoms with Gasteiger partial charge < -0.3 is 9.47 Å². The number of carbonyl (C=O) groups excluding carboxylic acids is 1. The molecule has 0 fully saturated rings. The maximum absolute atomic E-state index is 12.1. The summed E-state index contributed by atoms with van der Waals surface area (Å²) in [4.78, 5) is 16.2. The summed E-state index contributed by atoms with van der Waals surface area (Å²) in [7, 11) is 5.37. The van der Waals surface area contributed by atoms with Crippen molar-refractivity contribution in [3.63, 3.8) is 0 Å². The Morgan fingerprint density at radius 1 is 1.38 bits per heavy atom. The molecule has 0 radical (unpaired) electrons. The summed E-state index contributed by atoms with van der Waals surface area (Å²) >= 11 is 0. The van der Waals surface area contributed by atoms with Gasteiger partial charge in [-0.25, -0.2) is 4.79 Å². The van der Waals surface area contributed by atoms with Crippen LogP contribution in [0.25, 0.3) is 5.70 Å². The average molecular weight is 287 g/mol. The van der Waals surface area contributed by atoms with Gasteiger partial charge in [0, 0.05) is 12.3 Å². The maximum atomic E-state index is 12.1. The predicted molar refractivity (Wildman–Crippen MR) is 78.1 cm³/mol. The number of rotatable bonds is 1. The lowest BCUT2D eigenvalue weighted by molar-refractivity contribution is -0.771. The van der Waals surface area contributed by atoms with Crippen LogP contribution in [0.5, 0.6) is 5.75 Å². The molecule has 0 saturated carbocycles. The van der Waals surface area contributed by atoms with Gasteiger partial charge in [0.15, 0.2) is 11.4 Å². The molecule has 1 aromatic rings. The Morgan fingerprint density at radius 2 is 2.10 bits per heavy atom. The number of fused-ring (bicyclic) bond motifs is 2. The van der Waals surface area contributed by atoms with Crippen LogP contribution in [0.2, 0.25) is 0 Å². The first-order valence-corrected chi connectivity index (χ1v) is 6.82. The third kappa shape index (κ3) is 1.81. The van der Waals surface area contributed by atoms with Crippen LogP contribution in [0.4, 0.5) is 0 Å². The van der Waals surface area contributed by atoms with Crippen molar-refractivity contribution >= 4 is 11.7 Å². The van der Waals surface area contributed by atoms with Gasteiger partial charge in [0.1, 0.15) is 5.60 Å². The number of hydrogen-bond acceptors (Lipinski definition) is 4. The molecule has 0 N–H and O–H groups in total. The highest BCUT2D eigenvalue weighted by Crippen LogP contribution is 2.49. The number of carbonyl (C=O) groups is 1. The third-order valence-corrected chi connectivity index (χ3v) is 4.15. The first-order chi connectivity index (χ1) is 9.79. The largest absolute Gasteiger partial charge is 0.480 e. The van der Waals surface area contributed by atoms with Crippen LogP contribution in [0.1, 0.15) is 19.4 Å². The summed E-state index contributed by atoms with van der Waals surface area (Å²) in [5.74, 6) is 0.424. The van der Waals surface area contributed by atoms with Crippen molar-refractivity contribution in [1.82, 2.24) is 4.98 Å². The Bertz CT molecular complexity index is 699. The summed E-state index contributed by atoms with van der Waals surface area (Å²) < 4.78 is 11.3. The molecule has 2 aliphatic rings. The number of quaternary nitrogens is 1. The number of methoxy groups -OCH3 is 1. The van der Waals surface area contributed by atoms with Gasteiger partial charge in [0.25, 0.3) is 0 Å². The van der Waals surface area contributed by atoms with Crippen LogP contribution in [-0.2, 0) is 9.53 Å². The summed E-state index contributed by atoms with van der Waals surface area (Å²) in [6.07, 6.45) is 5.35. The van der Waals surface area contributed by atoms with E-state index in [4.69, 9.17) is 9.47 Å². The van der Waals surface area contributed by atoms with Gasteiger partial charge in [0.05, 0.1) is 38.5 Å². The van der Waals surface area contributed by atoms with E-state index in [0.717, 1.165) is 22.6 Å². The van der Waals surface area contributed by atoms with E-state index in [9.17, 15) is 4.79 Å². The molecule has 0 saturated heterocycles. The minimum Gasteiger partial charge on any atom is -0.480 e. The van der Waals surface area contributed by atoms with E-state index in [0.29, 0.717) is 10.2 Å². The molecule has 0 atom stereocenters. The van der Waals surface area contributed by atoms with E-state index in [-0.39, 0.29) is 5.97 Å². The second-order valence-corrected chi connectivity index (χ2v) is 6.22. The summed E-state index contributed by atoms with van der Waals surface area (Å²) in [5.41, 5.74) is 3.12. The van der Waals surface area contributed by atoms with Crippen molar-refractivity contribution < 1.29 is 18.8 Å². The van der Waals surface area contributed by atoms with E-state index in [1.54, 1.807) is 12.4 Å². The van der Waals surface area contributed by atoms with Crippen LogP contribution in [0.3, 0.4) is 0 Å². The van der Waals surface area contributed by atoms with E-state index >= 15 is 0 Å². The molecular formula is C16H19N2O3+. The molecule has 3 heterocycles. The predicted octanol–water partition coefficient (Wildman–Crippen LogP) is 2.11. The highest BCUT2D eigenvalue weighted by molar-refractivity contribution is 5.92. The summed E-state index contributed by atoms with van der Waals surface area (Å²) in [6.45, 7) is 3.99. The number of esters is 1. The van der Waals surface area contributed by atoms with Crippen molar-refractivity contribution in [3.05, 3.63) is 41.4 Å². The molecule has 0 amide bonds. The quantitative estimate of drug-likeness (QED) is 0.586. The monoisotopic (exact) mass is 287 g/mol. The first-order valence-electron chi connectivity index (χ1n) is 6.82. The normalized spacial score (nSPS) is 21.1. The highest BCUT2D eigenvalue weighted by Gasteiger charge is 2.50. The minimum absolute atomic E-state index is 0.319. The standard InChI is InChI=1S/C16H19N2O3/c1-16(2)11-8-12(15(19)20-5)18(3,4)14(11)10-6-7-17-9-13(10)21-16/h6-9H,1-5H3/q+1. The van der Waals surface area contributed by atoms with Crippen molar-refractivity contribution in [2.75, 3.05) is 21.2 Å². The fourth-order valence-corrected chi connectivity index (χ4v) is 3.07. The van der Waals surface area contributed by atoms with Gasteiger partial charge in [-0.15, -0.1) is 0 Å². The minimum atomic E-state index is -0.517. The van der Waals surface area contributed by atoms with Crippen LogP contribution >= 0.6 is 0 Å². The summed E-state index contributed by atoms with van der Waals surface area (Å²) in [6, 6.07) is 1.92. The number of nitrogens with zero attached hydrogens (tertiary/aromatic N) is 2. The fraction of sp³-hybridized carbons (Fsp3) is 0.375. The lowest BCUT2D eigenvalue weighted by atomic mass is 9.91. The average Bonchev–Trinajstić information content (AvgIpc) is 2.71. The van der Waals surface area contributed by atoms with E-state index in [1.807, 2.05) is 40.1 Å². The number of likely N-dealkylation sites (N-methyl/N-ethyl adjacent to an activating group) is 1. The zero-order chi connectivity index (χ0) is 15.4. The lowest BCUT2D eigenvalue weighted by Gasteiger charge is -2.36. The SMILES string of the molecule is COC(=O)C1=CC2=C(c3ccncc3OC2(C)C)[N+]1(C)C. The number of aromatic nitrogens is 1.